The predicted molar refractivity (Wildman–Crippen MR) is 66.0 cm³/mol. The van der Waals surface area contributed by atoms with E-state index in [9.17, 15) is 4.79 Å². The van der Waals surface area contributed by atoms with Crippen LogP contribution in [0.4, 0.5) is 0 Å². The molecule has 3 heteroatoms. The molecule has 0 atom stereocenters. The first kappa shape index (κ1) is 11.9. The van der Waals surface area contributed by atoms with Crippen LogP contribution in [-0.4, -0.2) is 18.2 Å². The number of ether oxygens (including phenoxy) is 1. The average Bonchev–Trinajstić information content (AvgIpc) is 2.35. The maximum absolute atomic E-state index is 10.2. The van der Waals surface area contributed by atoms with Crippen molar-refractivity contribution in [2.24, 2.45) is 4.99 Å². The topological polar surface area (TPSA) is 38.7 Å². The zero-order valence-corrected chi connectivity index (χ0v) is 10.1. The van der Waals surface area contributed by atoms with Gasteiger partial charge in [0.25, 0.3) is 0 Å². The van der Waals surface area contributed by atoms with E-state index in [1.807, 2.05) is 18.2 Å². The fourth-order valence-electron chi connectivity index (χ4n) is 2.23. The summed E-state index contributed by atoms with van der Waals surface area (Å²) in [5, 5.41) is 0. The second kappa shape index (κ2) is 5.65. The Kier molecular flexibility index (Phi) is 3.94. The van der Waals surface area contributed by atoms with Gasteiger partial charge >= 0.3 is 0 Å². The molecule has 0 spiro atoms. The molecule has 1 aromatic carbocycles. The smallest absolute Gasteiger partial charge is 0.235 e. The number of aryl methyl sites for hydroxylation is 1. The van der Waals surface area contributed by atoms with Crippen LogP contribution in [0.1, 0.15) is 31.2 Å². The number of nitrogens with zero attached hydrogens (tertiary/aromatic N) is 1. The lowest BCUT2D eigenvalue weighted by molar-refractivity contribution is 0.146. The highest BCUT2D eigenvalue weighted by atomic mass is 16.5. The summed E-state index contributed by atoms with van der Waals surface area (Å²) in [5.74, 6) is 0.967. The minimum absolute atomic E-state index is 0.157. The van der Waals surface area contributed by atoms with Gasteiger partial charge in [-0.25, -0.2) is 9.79 Å². The normalized spacial score (nSPS) is 23.8. The van der Waals surface area contributed by atoms with Gasteiger partial charge in [0.15, 0.2) is 0 Å². The van der Waals surface area contributed by atoms with Gasteiger partial charge in [-0.1, -0.05) is 18.2 Å². The lowest BCUT2D eigenvalue weighted by Gasteiger charge is -2.26. The molecule has 0 unspecified atom stereocenters. The molecule has 0 radical (unpaired) electrons. The van der Waals surface area contributed by atoms with Gasteiger partial charge in [0.1, 0.15) is 5.75 Å². The molecule has 0 aromatic heterocycles. The predicted octanol–water partition coefficient (Wildman–Crippen LogP) is 3.02. The lowest BCUT2D eigenvalue weighted by Crippen LogP contribution is -2.26. The van der Waals surface area contributed by atoms with Crippen LogP contribution >= 0.6 is 0 Å². The molecule has 0 aliphatic heterocycles. The molecule has 0 amide bonds. The highest BCUT2D eigenvalue weighted by Crippen LogP contribution is 2.26. The summed E-state index contributed by atoms with van der Waals surface area (Å²) < 4.78 is 5.97. The summed E-state index contributed by atoms with van der Waals surface area (Å²) in [7, 11) is 0. The van der Waals surface area contributed by atoms with Gasteiger partial charge in [-0.15, -0.1) is 0 Å². The first-order valence-electron chi connectivity index (χ1n) is 6.09. The average molecular weight is 231 g/mol. The van der Waals surface area contributed by atoms with Gasteiger partial charge in [0, 0.05) is 0 Å². The van der Waals surface area contributed by atoms with Crippen molar-refractivity contribution in [3.8, 4) is 5.75 Å². The first-order valence-corrected chi connectivity index (χ1v) is 6.09. The fraction of sp³-hybridized carbons (Fsp3) is 0.500. The Morgan fingerprint density at radius 3 is 2.59 bits per heavy atom. The van der Waals surface area contributed by atoms with Gasteiger partial charge in [-0.05, 0) is 44.2 Å². The van der Waals surface area contributed by atoms with Crippen molar-refractivity contribution >= 4 is 6.08 Å². The van der Waals surface area contributed by atoms with Crippen molar-refractivity contribution in [1.82, 2.24) is 0 Å². The molecule has 1 fully saturated rings. The van der Waals surface area contributed by atoms with Crippen molar-refractivity contribution < 1.29 is 9.53 Å². The van der Waals surface area contributed by atoms with Gasteiger partial charge in [0.2, 0.25) is 6.08 Å². The second-order valence-electron chi connectivity index (χ2n) is 4.53. The van der Waals surface area contributed by atoms with E-state index in [0.29, 0.717) is 0 Å². The Labute approximate surface area is 102 Å². The van der Waals surface area contributed by atoms with E-state index < -0.39 is 0 Å². The van der Waals surface area contributed by atoms with Crippen molar-refractivity contribution in [2.45, 2.75) is 44.8 Å². The van der Waals surface area contributed by atoms with Crippen molar-refractivity contribution in [2.75, 3.05) is 0 Å². The zero-order valence-electron chi connectivity index (χ0n) is 10.1. The Morgan fingerprint density at radius 2 is 1.94 bits per heavy atom. The van der Waals surface area contributed by atoms with E-state index in [1.54, 1.807) is 6.08 Å². The van der Waals surface area contributed by atoms with E-state index in [-0.39, 0.29) is 12.1 Å². The van der Waals surface area contributed by atoms with E-state index in [1.165, 1.54) is 5.56 Å². The molecule has 90 valence electrons. The third-order valence-electron chi connectivity index (χ3n) is 3.27. The number of carbonyl (C=O) groups excluding carboxylic acids is 1. The quantitative estimate of drug-likeness (QED) is 0.592. The Balaban J connectivity index is 1.90. The zero-order chi connectivity index (χ0) is 12.1. The molecule has 1 aliphatic carbocycles. The fourth-order valence-corrected chi connectivity index (χ4v) is 2.23. The maximum Gasteiger partial charge on any atom is 0.235 e. The largest absolute Gasteiger partial charge is 0.490 e. The number of isocyanates is 1. The van der Waals surface area contributed by atoms with Gasteiger partial charge in [-0.2, -0.15) is 0 Å². The minimum atomic E-state index is 0.157. The number of hydrogen-bond donors (Lipinski definition) is 0. The summed E-state index contributed by atoms with van der Waals surface area (Å²) in [4.78, 5) is 13.9. The number of para-hydroxylation sites is 1. The molecule has 1 saturated carbocycles. The summed E-state index contributed by atoms with van der Waals surface area (Å²) >= 11 is 0. The standard InChI is InChI=1S/C14H17NO2/c1-11-4-2-3-5-14(11)17-13-8-6-12(7-9-13)15-10-16/h2-5,12-13H,6-9H2,1H3. The van der Waals surface area contributed by atoms with Gasteiger partial charge in [-0.3, -0.25) is 0 Å². The number of hydrogen-bond acceptors (Lipinski definition) is 3. The molecule has 1 aliphatic rings. The van der Waals surface area contributed by atoms with Crippen molar-refractivity contribution in [3.63, 3.8) is 0 Å². The van der Waals surface area contributed by atoms with Crippen molar-refractivity contribution in [3.05, 3.63) is 29.8 Å². The molecule has 2 rings (SSSR count). The number of benzene rings is 1. The van der Waals surface area contributed by atoms with Crippen LogP contribution in [0, 0.1) is 6.92 Å². The molecule has 0 bridgehead atoms. The van der Waals surface area contributed by atoms with E-state index in [0.717, 1.165) is 31.4 Å². The summed E-state index contributed by atoms with van der Waals surface area (Å²) in [6.45, 7) is 2.05. The monoisotopic (exact) mass is 231 g/mol. The van der Waals surface area contributed by atoms with Crippen LogP contribution in [-0.2, 0) is 4.79 Å². The minimum Gasteiger partial charge on any atom is -0.490 e. The molecule has 0 heterocycles. The second-order valence-corrected chi connectivity index (χ2v) is 4.53. The SMILES string of the molecule is Cc1ccccc1OC1CCC(N=C=O)CC1. The van der Waals surface area contributed by atoms with E-state index >= 15 is 0 Å². The van der Waals surface area contributed by atoms with Crippen LogP contribution in [0.5, 0.6) is 5.75 Å². The third-order valence-corrected chi connectivity index (χ3v) is 3.27. The molecular formula is C14H17NO2. The van der Waals surface area contributed by atoms with Gasteiger partial charge in [0.05, 0.1) is 12.1 Å². The maximum atomic E-state index is 10.2. The summed E-state index contributed by atoms with van der Waals surface area (Å²) in [6, 6.07) is 8.22. The highest BCUT2D eigenvalue weighted by Gasteiger charge is 2.22. The Hall–Kier alpha value is -1.60. The van der Waals surface area contributed by atoms with Gasteiger partial charge < -0.3 is 4.74 Å². The molecule has 3 nitrogen and oxygen atoms in total. The van der Waals surface area contributed by atoms with Crippen LogP contribution in [0.25, 0.3) is 0 Å². The number of aliphatic imine (C=N–C) groups is 1. The van der Waals surface area contributed by atoms with Crippen LogP contribution < -0.4 is 4.74 Å². The molecular weight excluding hydrogens is 214 g/mol. The van der Waals surface area contributed by atoms with E-state index in [4.69, 9.17) is 4.74 Å². The molecule has 0 saturated heterocycles. The Morgan fingerprint density at radius 1 is 1.24 bits per heavy atom. The number of rotatable bonds is 3. The highest BCUT2D eigenvalue weighted by molar-refractivity contribution is 5.33. The lowest BCUT2D eigenvalue weighted by atomic mass is 9.93. The first-order chi connectivity index (χ1) is 8.29. The van der Waals surface area contributed by atoms with E-state index in [2.05, 4.69) is 18.0 Å². The molecule has 1 aromatic rings. The van der Waals surface area contributed by atoms with Crippen molar-refractivity contribution in [1.29, 1.82) is 0 Å². The Bertz CT molecular complexity index is 416. The molecule has 17 heavy (non-hydrogen) atoms. The third kappa shape index (κ3) is 3.18. The summed E-state index contributed by atoms with van der Waals surface area (Å²) in [5.41, 5.74) is 1.17. The molecule has 0 N–H and O–H groups in total. The van der Waals surface area contributed by atoms with Crippen LogP contribution in [0.2, 0.25) is 0 Å². The van der Waals surface area contributed by atoms with Crippen LogP contribution in [0.15, 0.2) is 29.3 Å². The van der Waals surface area contributed by atoms with Crippen LogP contribution in [0.3, 0.4) is 0 Å². The summed E-state index contributed by atoms with van der Waals surface area (Å²) in [6.07, 6.45) is 5.67.